The fourth-order valence-corrected chi connectivity index (χ4v) is 1.53. The van der Waals surface area contributed by atoms with Gasteiger partial charge in [-0.3, -0.25) is 0 Å². The van der Waals surface area contributed by atoms with E-state index in [0.717, 1.165) is 12.0 Å². The van der Waals surface area contributed by atoms with Crippen molar-refractivity contribution in [3.63, 3.8) is 0 Å². The Balaban J connectivity index is 2.54. The lowest BCUT2D eigenvalue weighted by molar-refractivity contribution is -0.274. The Hall–Kier alpha value is -1.27. The summed E-state index contributed by atoms with van der Waals surface area (Å²) in [4.78, 5) is 0. The molecule has 6 heteroatoms. The fourth-order valence-electron chi connectivity index (χ4n) is 1.53. The van der Waals surface area contributed by atoms with Gasteiger partial charge in [-0.15, -0.1) is 13.2 Å². The molecule has 1 unspecified atom stereocenters. The molecule has 2 N–H and O–H groups in total. The van der Waals surface area contributed by atoms with Crippen molar-refractivity contribution in [2.45, 2.75) is 25.2 Å². The van der Waals surface area contributed by atoms with Crippen LogP contribution in [-0.2, 0) is 4.74 Å². The number of nitrogens with two attached hydrogens (primary N) is 1. The smallest absolute Gasteiger partial charge is 0.406 e. The highest BCUT2D eigenvalue weighted by Crippen LogP contribution is 2.24. The Morgan fingerprint density at radius 1 is 1.22 bits per heavy atom. The SMILES string of the molecule is COCCCC(N)c1ccc(OC(F)(F)F)cc1. The second-order valence-corrected chi connectivity index (χ2v) is 3.86. The zero-order chi connectivity index (χ0) is 13.6. The standard InChI is InChI=1S/C12H16F3NO2/c1-17-8-2-3-11(16)9-4-6-10(7-5-9)18-12(13,14)15/h4-7,11H,2-3,8,16H2,1H3. The van der Waals surface area contributed by atoms with E-state index in [-0.39, 0.29) is 11.8 Å². The van der Waals surface area contributed by atoms with E-state index >= 15 is 0 Å². The highest BCUT2D eigenvalue weighted by atomic mass is 19.4. The predicted octanol–water partition coefficient (Wildman–Crippen LogP) is 3.01. The topological polar surface area (TPSA) is 44.5 Å². The maximum atomic E-state index is 11.9. The van der Waals surface area contributed by atoms with Gasteiger partial charge in [0.1, 0.15) is 5.75 Å². The molecule has 1 atom stereocenters. The molecule has 0 heterocycles. The first-order valence-electron chi connectivity index (χ1n) is 5.52. The highest BCUT2D eigenvalue weighted by Gasteiger charge is 2.30. The number of ether oxygens (including phenoxy) is 2. The molecule has 0 spiro atoms. The molecule has 0 saturated carbocycles. The van der Waals surface area contributed by atoms with Crippen LogP contribution in [0.5, 0.6) is 5.75 Å². The minimum Gasteiger partial charge on any atom is -0.406 e. The van der Waals surface area contributed by atoms with Gasteiger partial charge >= 0.3 is 6.36 Å². The fraction of sp³-hybridized carbons (Fsp3) is 0.500. The van der Waals surface area contributed by atoms with Crippen LogP contribution in [0.3, 0.4) is 0 Å². The van der Waals surface area contributed by atoms with Gasteiger partial charge in [-0.05, 0) is 30.5 Å². The van der Waals surface area contributed by atoms with E-state index < -0.39 is 6.36 Å². The van der Waals surface area contributed by atoms with Gasteiger partial charge in [0.15, 0.2) is 0 Å². The first kappa shape index (κ1) is 14.8. The first-order chi connectivity index (χ1) is 8.42. The van der Waals surface area contributed by atoms with Crippen LogP contribution >= 0.6 is 0 Å². The van der Waals surface area contributed by atoms with Crippen molar-refractivity contribution >= 4 is 0 Å². The Labute approximate surface area is 104 Å². The third-order valence-corrected chi connectivity index (χ3v) is 2.41. The second kappa shape index (κ2) is 6.61. The first-order valence-corrected chi connectivity index (χ1v) is 5.52. The molecule has 0 aliphatic carbocycles. The summed E-state index contributed by atoms with van der Waals surface area (Å²) >= 11 is 0. The van der Waals surface area contributed by atoms with Crippen LogP contribution in [0.25, 0.3) is 0 Å². The van der Waals surface area contributed by atoms with E-state index in [1.165, 1.54) is 12.1 Å². The summed E-state index contributed by atoms with van der Waals surface area (Å²) in [5, 5.41) is 0. The quantitative estimate of drug-likeness (QED) is 0.802. The van der Waals surface area contributed by atoms with Crippen molar-refractivity contribution in [2.24, 2.45) is 5.73 Å². The molecule has 0 bridgehead atoms. The van der Waals surface area contributed by atoms with E-state index in [2.05, 4.69) is 4.74 Å². The third kappa shape index (κ3) is 5.37. The summed E-state index contributed by atoms with van der Waals surface area (Å²) in [7, 11) is 1.61. The van der Waals surface area contributed by atoms with E-state index in [9.17, 15) is 13.2 Å². The van der Waals surface area contributed by atoms with Gasteiger partial charge in [-0.2, -0.15) is 0 Å². The molecule has 0 amide bonds. The summed E-state index contributed by atoms with van der Waals surface area (Å²) < 4.78 is 44.5. The molecule has 0 radical (unpaired) electrons. The van der Waals surface area contributed by atoms with Crippen LogP contribution < -0.4 is 10.5 Å². The number of benzene rings is 1. The minimum absolute atomic E-state index is 0.208. The van der Waals surface area contributed by atoms with E-state index in [4.69, 9.17) is 10.5 Å². The molecule has 0 aliphatic rings. The van der Waals surface area contributed by atoms with E-state index in [1.54, 1.807) is 19.2 Å². The zero-order valence-electron chi connectivity index (χ0n) is 10.0. The molecule has 1 rings (SSSR count). The average Bonchev–Trinajstić information content (AvgIpc) is 2.28. The molecular weight excluding hydrogens is 247 g/mol. The molecule has 1 aromatic carbocycles. The van der Waals surface area contributed by atoms with Crippen LogP contribution in [0, 0.1) is 0 Å². The lowest BCUT2D eigenvalue weighted by Crippen LogP contribution is -2.17. The monoisotopic (exact) mass is 263 g/mol. The summed E-state index contributed by atoms with van der Waals surface area (Å²) in [5.74, 6) is -0.240. The molecule has 3 nitrogen and oxygen atoms in total. The summed E-state index contributed by atoms with van der Waals surface area (Å²) in [6, 6.07) is 5.40. The summed E-state index contributed by atoms with van der Waals surface area (Å²) in [5.41, 5.74) is 6.67. The Bertz CT molecular complexity index is 351. The van der Waals surface area contributed by atoms with Crippen molar-refractivity contribution in [1.82, 2.24) is 0 Å². The highest BCUT2D eigenvalue weighted by molar-refractivity contribution is 5.29. The minimum atomic E-state index is -4.66. The maximum Gasteiger partial charge on any atom is 0.573 e. The lowest BCUT2D eigenvalue weighted by atomic mass is 10.0. The van der Waals surface area contributed by atoms with Crippen LogP contribution in [0.4, 0.5) is 13.2 Å². The molecule has 18 heavy (non-hydrogen) atoms. The van der Waals surface area contributed by atoms with Crippen LogP contribution in [0.1, 0.15) is 24.4 Å². The van der Waals surface area contributed by atoms with Gasteiger partial charge < -0.3 is 15.2 Å². The average molecular weight is 263 g/mol. The Kier molecular flexibility index (Phi) is 5.43. The Morgan fingerprint density at radius 3 is 2.33 bits per heavy atom. The van der Waals surface area contributed by atoms with Gasteiger partial charge in [0, 0.05) is 19.8 Å². The van der Waals surface area contributed by atoms with Gasteiger partial charge in [0.2, 0.25) is 0 Å². The number of methoxy groups -OCH3 is 1. The van der Waals surface area contributed by atoms with Crippen LogP contribution in [-0.4, -0.2) is 20.1 Å². The van der Waals surface area contributed by atoms with Gasteiger partial charge in [0.05, 0.1) is 0 Å². The van der Waals surface area contributed by atoms with Gasteiger partial charge in [-0.1, -0.05) is 12.1 Å². The number of halogens is 3. The number of hydrogen-bond donors (Lipinski definition) is 1. The van der Waals surface area contributed by atoms with Crippen molar-refractivity contribution in [1.29, 1.82) is 0 Å². The predicted molar refractivity (Wildman–Crippen MR) is 61.2 cm³/mol. The maximum absolute atomic E-state index is 11.9. The van der Waals surface area contributed by atoms with Gasteiger partial charge in [-0.25, -0.2) is 0 Å². The number of alkyl halides is 3. The Morgan fingerprint density at radius 2 is 1.83 bits per heavy atom. The molecule has 1 aromatic rings. The van der Waals surface area contributed by atoms with Crippen molar-refractivity contribution < 1.29 is 22.6 Å². The summed E-state index contributed by atoms with van der Waals surface area (Å²) in [6.45, 7) is 0.614. The van der Waals surface area contributed by atoms with Gasteiger partial charge in [0.25, 0.3) is 0 Å². The summed E-state index contributed by atoms with van der Waals surface area (Å²) in [6.07, 6.45) is -3.14. The normalized spacial score (nSPS) is 13.4. The number of hydrogen-bond acceptors (Lipinski definition) is 3. The molecule has 0 aromatic heterocycles. The molecule has 0 saturated heterocycles. The second-order valence-electron chi connectivity index (χ2n) is 3.86. The molecule has 102 valence electrons. The molecule has 0 aliphatic heterocycles. The number of rotatable bonds is 6. The molecular formula is C12H16F3NO2. The van der Waals surface area contributed by atoms with Crippen LogP contribution in [0.2, 0.25) is 0 Å². The zero-order valence-corrected chi connectivity index (χ0v) is 10.0. The van der Waals surface area contributed by atoms with Crippen LogP contribution in [0.15, 0.2) is 24.3 Å². The van der Waals surface area contributed by atoms with E-state index in [1.807, 2.05) is 0 Å². The lowest BCUT2D eigenvalue weighted by Gasteiger charge is -2.13. The largest absolute Gasteiger partial charge is 0.573 e. The van der Waals surface area contributed by atoms with Crippen molar-refractivity contribution in [3.8, 4) is 5.75 Å². The van der Waals surface area contributed by atoms with Crippen molar-refractivity contribution in [3.05, 3.63) is 29.8 Å². The van der Waals surface area contributed by atoms with Crippen molar-refractivity contribution in [2.75, 3.05) is 13.7 Å². The third-order valence-electron chi connectivity index (χ3n) is 2.41. The molecule has 0 fully saturated rings. The van der Waals surface area contributed by atoms with E-state index in [0.29, 0.717) is 13.0 Å².